The summed E-state index contributed by atoms with van der Waals surface area (Å²) >= 11 is 0. The minimum Gasteiger partial charge on any atom is -0.496 e. The minimum atomic E-state index is -3.14. The maximum atomic E-state index is 12.2. The summed E-state index contributed by atoms with van der Waals surface area (Å²) in [4.78, 5) is 12.8. The molecule has 0 bridgehead atoms. The Morgan fingerprint density at radius 3 is 2.31 bits per heavy atom. The van der Waals surface area contributed by atoms with Gasteiger partial charge in [-0.15, -0.1) is 0 Å². The highest BCUT2D eigenvalue weighted by Gasteiger charge is 2.43. The van der Waals surface area contributed by atoms with E-state index in [1.807, 2.05) is 51.1 Å². The van der Waals surface area contributed by atoms with Crippen molar-refractivity contribution in [1.29, 1.82) is 0 Å². The number of fused-ring (bicyclic) bond motifs is 1. The molecule has 1 aliphatic rings. The van der Waals surface area contributed by atoms with Crippen LogP contribution in [0.25, 0.3) is 0 Å². The Hall–Kier alpha value is -2.10. The van der Waals surface area contributed by atoms with Crippen LogP contribution < -0.4 is 15.4 Å². The normalized spacial score (nSPS) is 19.0. The molecule has 0 saturated heterocycles. The molecule has 8 heteroatoms. The van der Waals surface area contributed by atoms with Crippen LogP contribution in [0.15, 0.2) is 47.4 Å². The lowest BCUT2D eigenvalue weighted by Gasteiger charge is -2.42. The number of hydrogen-bond donors (Lipinski definition) is 4. The molecule has 4 N–H and O–H groups in total. The average Bonchev–Trinajstić information content (AvgIpc) is 2.97. The van der Waals surface area contributed by atoms with Crippen LogP contribution in [0, 0.1) is 0 Å². The van der Waals surface area contributed by atoms with E-state index in [9.17, 15) is 13.9 Å². The quantitative estimate of drug-likeness (QED) is 0.206. The molecule has 0 aliphatic carbocycles. The molecular formula is C31H48N2O5S. The Labute approximate surface area is 236 Å². The van der Waals surface area contributed by atoms with Gasteiger partial charge in [0.15, 0.2) is 0 Å². The number of unbranched alkanes of at least 4 members (excludes halogenated alkanes) is 2. The SMILES string of the molecule is CCCCC1(CCCC)CS(O)(O)c2cc(CNCC(=O)OC(C)(C)C)c(OC)cc2C(c2ccccc2)N1. The smallest absolute Gasteiger partial charge is 0.320 e. The number of ether oxygens (including phenoxy) is 2. The summed E-state index contributed by atoms with van der Waals surface area (Å²) in [6.07, 6.45) is 5.84. The van der Waals surface area contributed by atoms with Gasteiger partial charge < -0.3 is 14.8 Å². The van der Waals surface area contributed by atoms with Crippen LogP contribution >= 0.6 is 10.6 Å². The van der Waals surface area contributed by atoms with Gasteiger partial charge in [-0.3, -0.25) is 19.2 Å². The topological polar surface area (TPSA) is 100 Å². The number of esters is 1. The van der Waals surface area contributed by atoms with Crippen LogP contribution in [0.2, 0.25) is 0 Å². The molecule has 1 unspecified atom stereocenters. The summed E-state index contributed by atoms with van der Waals surface area (Å²) in [6.45, 7) is 10.2. The highest BCUT2D eigenvalue weighted by Crippen LogP contribution is 2.58. The molecule has 3 rings (SSSR count). The van der Waals surface area contributed by atoms with Crippen molar-refractivity contribution in [2.45, 2.75) is 102 Å². The molecule has 2 aromatic carbocycles. The Morgan fingerprint density at radius 2 is 1.74 bits per heavy atom. The first-order chi connectivity index (χ1) is 18.4. The second kappa shape index (κ2) is 13.5. The van der Waals surface area contributed by atoms with Crippen molar-refractivity contribution in [3.05, 3.63) is 59.2 Å². The summed E-state index contributed by atoms with van der Waals surface area (Å²) in [7, 11) is -1.52. The molecule has 1 aliphatic heterocycles. The van der Waals surface area contributed by atoms with E-state index in [0.717, 1.165) is 55.2 Å². The van der Waals surface area contributed by atoms with E-state index in [4.69, 9.17) is 9.47 Å². The zero-order valence-electron chi connectivity index (χ0n) is 24.5. The maximum absolute atomic E-state index is 12.2. The van der Waals surface area contributed by atoms with Crippen LogP contribution in [0.3, 0.4) is 0 Å². The first kappa shape index (κ1) is 31.4. The highest BCUT2D eigenvalue weighted by atomic mass is 32.3. The molecule has 2 aromatic rings. The van der Waals surface area contributed by atoms with Gasteiger partial charge in [0.1, 0.15) is 11.4 Å². The summed E-state index contributed by atoms with van der Waals surface area (Å²) < 4.78 is 34.8. The van der Waals surface area contributed by atoms with Crippen molar-refractivity contribution in [3.63, 3.8) is 0 Å². The van der Waals surface area contributed by atoms with Crippen molar-refractivity contribution in [2.75, 3.05) is 19.4 Å². The zero-order valence-corrected chi connectivity index (χ0v) is 25.3. The number of benzene rings is 2. The molecule has 1 heterocycles. The molecule has 0 saturated carbocycles. The molecule has 0 fully saturated rings. The van der Waals surface area contributed by atoms with Gasteiger partial charge in [0.2, 0.25) is 0 Å². The average molecular weight is 561 g/mol. The van der Waals surface area contributed by atoms with Crippen LogP contribution in [0.4, 0.5) is 0 Å². The van der Waals surface area contributed by atoms with Gasteiger partial charge in [-0.25, -0.2) is 0 Å². The van der Waals surface area contributed by atoms with Crippen LogP contribution in [0.1, 0.15) is 95.9 Å². The molecule has 1 atom stereocenters. The van der Waals surface area contributed by atoms with Gasteiger partial charge in [-0.1, -0.05) is 69.9 Å². The summed E-state index contributed by atoms with van der Waals surface area (Å²) in [5.74, 6) is 0.566. The monoisotopic (exact) mass is 560 g/mol. The maximum Gasteiger partial charge on any atom is 0.320 e. The number of carbonyl (C=O) groups excluding carboxylic acids is 1. The van der Waals surface area contributed by atoms with Crippen molar-refractivity contribution in [3.8, 4) is 5.75 Å². The summed E-state index contributed by atoms with van der Waals surface area (Å²) in [5.41, 5.74) is 1.70. The van der Waals surface area contributed by atoms with Crippen LogP contribution in [-0.2, 0) is 16.1 Å². The highest BCUT2D eigenvalue weighted by molar-refractivity contribution is 8.24. The van der Waals surface area contributed by atoms with E-state index in [1.165, 1.54) is 0 Å². The largest absolute Gasteiger partial charge is 0.496 e. The predicted molar refractivity (Wildman–Crippen MR) is 160 cm³/mol. The van der Waals surface area contributed by atoms with E-state index in [2.05, 4.69) is 36.6 Å². The summed E-state index contributed by atoms with van der Waals surface area (Å²) in [6, 6.07) is 13.8. The van der Waals surface area contributed by atoms with E-state index < -0.39 is 21.7 Å². The Balaban J connectivity index is 2.05. The summed E-state index contributed by atoms with van der Waals surface area (Å²) in [5, 5.41) is 7.09. The third kappa shape index (κ3) is 8.44. The lowest BCUT2D eigenvalue weighted by molar-refractivity contribution is -0.153. The fourth-order valence-electron chi connectivity index (χ4n) is 5.37. The van der Waals surface area contributed by atoms with Crippen molar-refractivity contribution in [1.82, 2.24) is 10.6 Å². The van der Waals surface area contributed by atoms with Crippen molar-refractivity contribution >= 4 is 16.6 Å². The van der Waals surface area contributed by atoms with E-state index in [-0.39, 0.29) is 24.3 Å². The van der Waals surface area contributed by atoms with Crippen LogP contribution in [0.5, 0.6) is 5.75 Å². The van der Waals surface area contributed by atoms with E-state index >= 15 is 0 Å². The standard InChI is InChI=1S/C31H48N2O5S/c1-7-9-16-31(17-10-8-2)22-39(35,36)27-18-24(20-32-21-28(34)38-30(3,4)5)26(37-6)19-25(27)29(33-31)23-14-12-11-13-15-23/h11-15,18-19,29,32-33,35-36H,7-10,16-17,20-22H2,1-6H3. The predicted octanol–water partition coefficient (Wildman–Crippen LogP) is 7.05. The van der Waals surface area contributed by atoms with Gasteiger partial charge in [0, 0.05) is 23.2 Å². The minimum absolute atomic E-state index is 0.0408. The molecule has 0 aromatic heterocycles. The Bertz CT molecular complexity index is 1080. The third-order valence-electron chi connectivity index (χ3n) is 7.16. The number of nitrogens with one attached hydrogen (secondary N) is 2. The van der Waals surface area contributed by atoms with Gasteiger partial charge in [0.05, 0.1) is 30.3 Å². The van der Waals surface area contributed by atoms with Gasteiger partial charge in [0.25, 0.3) is 0 Å². The Kier molecular flexibility index (Phi) is 10.9. The molecule has 0 amide bonds. The molecule has 218 valence electrons. The van der Waals surface area contributed by atoms with E-state index in [1.54, 1.807) is 7.11 Å². The van der Waals surface area contributed by atoms with Gasteiger partial charge in [-0.05, 0) is 51.3 Å². The number of rotatable bonds is 12. The lowest BCUT2D eigenvalue weighted by Crippen LogP contribution is -2.50. The van der Waals surface area contributed by atoms with Crippen molar-refractivity contribution in [2.24, 2.45) is 0 Å². The molecular weight excluding hydrogens is 512 g/mol. The first-order valence-electron chi connectivity index (χ1n) is 14.2. The van der Waals surface area contributed by atoms with Crippen molar-refractivity contribution < 1.29 is 23.4 Å². The van der Waals surface area contributed by atoms with Gasteiger partial charge >= 0.3 is 5.97 Å². The fourth-order valence-corrected chi connectivity index (χ4v) is 7.56. The number of carbonyl (C=O) groups is 1. The third-order valence-corrected chi connectivity index (χ3v) is 9.17. The molecule has 39 heavy (non-hydrogen) atoms. The second-order valence-electron chi connectivity index (χ2n) is 11.7. The van der Waals surface area contributed by atoms with E-state index in [0.29, 0.717) is 17.2 Å². The first-order valence-corrected chi connectivity index (χ1v) is 15.9. The molecule has 0 spiro atoms. The molecule has 7 nitrogen and oxygen atoms in total. The van der Waals surface area contributed by atoms with Gasteiger partial charge in [-0.2, -0.15) is 10.6 Å². The van der Waals surface area contributed by atoms with Crippen LogP contribution in [-0.4, -0.2) is 45.6 Å². The fraction of sp³-hybridized carbons (Fsp3) is 0.581. The second-order valence-corrected chi connectivity index (χ2v) is 13.7. The Morgan fingerprint density at radius 1 is 1.10 bits per heavy atom. The lowest BCUT2D eigenvalue weighted by atomic mass is 9.86. The molecule has 0 radical (unpaired) electrons. The zero-order chi connectivity index (χ0) is 28.7. The number of methoxy groups -OCH3 is 1. The number of hydrogen-bond acceptors (Lipinski definition) is 7.